The van der Waals surface area contributed by atoms with E-state index in [0.29, 0.717) is 64.1 Å². The van der Waals surface area contributed by atoms with Crippen molar-refractivity contribution >= 4 is 29.5 Å². The average molecular weight is 512 g/mol. The molecule has 0 aliphatic carbocycles. The fourth-order valence-corrected chi connectivity index (χ4v) is 4.28. The van der Waals surface area contributed by atoms with E-state index in [-0.39, 0.29) is 24.1 Å². The summed E-state index contributed by atoms with van der Waals surface area (Å²) >= 11 is 0. The lowest BCUT2D eigenvalue weighted by molar-refractivity contribution is -0.118. The third-order valence-corrected chi connectivity index (χ3v) is 6.11. The molecule has 1 saturated heterocycles. The Hall–Kier alpha value is -3.93. The topological polar surface area (TPSA) is 138 Å². The van der Waals surface area contributed by atoms with Crippen molar-refractivity contribution in [2.45, 2.75) is 39.9 Å². The quantitative estimate of drug-likeness (QED) is 0.481. The number of hydrogen-bond donors (Lipinski definition) is 3. The predicted molar refractivity (Wildman–Crippen MR) is 137 cm³/mol. The highest BCUT2D eigenvalue weighted by Gasteiger charge is 2.33. The first-order valence-corrected chi connectivity index (χ1v) is 12.4. The van der Waals surface area contributed by atoms with Crippen molar-refractivity contribution in [3.8, 4) is 11.4 Å². The first kappa shape index (κ1) is 26.1. The molecule has 0 bridgehead atoms. The molecule has 3 heterocycles. The van der Waals surface area contributed by atoms with Crippen LogP contribution < -0.4 is 20.9 Å². The minimum absolute atomic E-state index is 0.132. The molecular weight excluding hydrogens is 478 g/mol. The van der Waals surface area contributed by atoms with Gasteiger partial charge in [-0.25, -0.2) is 19.6 Å². The Kier molecular flexibility index (Phi) is 8.39. The van der Waals surface area contributed by atoms with Crippen LogP contribution in [-0.2, 0) is 27.4 Å². The number of aromatic nitrogens is 2. The van der Waals surface area contributed by atoms with E-state index >= 15 is 0 Å². The van der Waals surface area contributed by atoms with Gasteiger partial charge in [0.1, 0.15) is 5.82 Å². The molecule has 2 aliphatic heterocycles. The molecule has 1 fully saturated rings. The third-order valence-electron chi connectivity index (χ3n) is 6.11. The molecule has 3 N–H and O–H groups in total. The number of fused-ring (bicyclic) bond motifs is 1. The van der Waals surface area contributed by atoms with Crippen molar-refractivity contribution in [3.63, 3.8) is 0 Å². The van der Waals surface area contributed by atoms with Gasteiger partial charge in [-0.1, -0.05) is 0 Å². The predicted octanol–water partition coefficient (Wildman–Crippen LogP) is 2.10. The van der Waals surface area contributed by atoms with Gasteiger partial charge >= 0.3 is 12.1 Å². The zero-order valence-corrected chi connectivity index (χ0v) is 21.4. The van der Waals surface area contributed by atoms with Crippen LogP contribution in [0.4, 0.5) is 21.1 Å². The number of morpholine rings is 1. The Bertz CT molecular complexity index is 1140. The molecular formula is C25H33N7O5. The number of rotatable bonds is 7. The van der Waals surface area contributed by atoms with Crippen LogP contribution in [0.2, 0.25) is 0 Å². The van der Waals surface area contributed by atoms with Crippen molar-refractivity contribution in [1.29, 1.82) is 0 Å². The summed E-state index contributed by atoms with van der Waals surface area (Å²) < 4.78 is 10.8. The number of ether oxygens (including phenoxy) is 2. The summed E-state index contributed by atoms with van der Waals surface area (Å²) in [5.41, 5.74) is 3.13. The van der Waals surface area contributed by atoms with E-state index < -0.39 is 0 Å². The standard InChI is InChI=1S/C25H33N7O5/c1-4-37-25(35)31-13-20-21(14-31)29-22(30-23(20)32-11-12-36-15-16(32)2)18-5-7-19(8-6-18)28-24(34)27-10-9-26-17(3)33/h5-8,16H,4,9-15H2,1-3H3,(H,26,33)(H2,27,28,34). The fraction of sp³-hybridized carbons (Fsp3) is 0.480. The van der Waals surface area contributed by atoms with Crippen molar-refractivity contribution in [3.05, 3.63) is 35.5 Å². The Labute approximate surface area is 215 Å². The molecule has 198 valence electrons. The second kappa shape index (κ2) is 11.9. The molecule has 0 radical (unpaired) electrons. The first-order valence-electron chi connectivity index (χ1n) is 12.4. The van der Waals surface area contributed by atoms with Crippen LogP contribution in [-0.4, -0.2) is 78.4 Å². The Morgan fingerprint density at radius 3 is 2.57 bits per heavy atom. The molecule has 1 aromatic carbocycles. The number of nitrogens with zero attached hydrogens (tertiary/aromatic N) is 4. The summed E-state index contributed by atoms with van der Waals surface area (Å²) in [6.07, 6.45) is -0.367. The van der Waals surface area contributed by atoms with Gasteiger partial charge in [-0.15, -0.1) is 0 Å². The minimum Gasteiger partial charge on any atom is -0.450 e. The van der Waals surface area contributed by atoms with Gasteiger partial charge in [-0.05, 0) is 38.1 Å². The Morgan fingerprint density at radius 1 is 1.11 bits per heavy atom. The summed E-state index contributed by atoms with van der Waals surface area (Å²) in [4.78, 5) is 49.0. The molecule has 1 aromatic heterocycles. The normalized spacial score (nSPS) is 16.7. The van der Waals surface area contributed by atoms with E-state index in [1.54, 1.807) is 24.0 Å². The van der Waals surface area contributed by atoms with Crippen LogP contribution in [0.3, 0.4) is 0 Å². The zero-order chi connectivity index (χ0) is 26.4. The highest BCUT2D eigenvalue weighted by atomic mass is 16.6. The Balaban J connectivity index is 1.53. The van der Waals surface area contributed by atoms with Gasteiger partial charge in [0.25, 0.3) is 0 Å². The molecule has 4 rings (SSSR count). The van der Waals surface area contributed by atoms with E-state index in [9.17, 15) is 14.4 Å². The summed E-state index contributed by atoms with van der Waals surface area (Å²) in [5.74, 6) is 1.21. The maximum Gasteiger partial charge on any atom is 0.410 e. The summed E-state index contributed by atoms with van der Waals surface area (Å²) in [7, 11) is 0. The number of amides is 4. The maximum absolute atomic E-state index is 12.4. The summed E-state index contributed by atoms with van der Waals surface area (Å²) in [5, 5.41) is 8.07. The molecule has 12 nitrogen and oxygen atoms in total. The summed E-state index contributed by atoms with van der Waals surface area (Å²) in [6, 6.07) is 7.02. The van der Waals surface area contributed by atoms with E-state index in [4.69, 9.17) is 19.4 Å². The van der Waals surface area contributed by atoms with Crippen molar-refractivity contribution < 1.29 is 23.9 Å². The Morgan fingerprint density at radius 2 is 1.86 bits per heavy atom. The molecule has 12 heteroatoms. The SMILES string of the molecule is CCOC(=O)N1Cc2nc(-c3ccc(NC(=O)NCCNC(C)=O)cc3)nc(N3CCOCC3C)c2C1. The number of carbonyl (C=O) groups excluding carboxylic acids is 3. The highest BCUT2D eigenvalue weighted by Crippen LogP contribution is 2.33. The van der Waals surface area contributed by atoms with Crippen LogP contribution in [0.1, 0.15) is 32.0 Å². The van der Waals surface area contributed by atoms with Crippen LogP contribution in [0.5, 0.6) is 0 Å². The molecule has 0 saturated carbocycles. The second-order valence-corrected chi connectivity index (χ2v) is 8.91. The number of carbonyl (C=O) groups is 3. The smallest absolute Gasteiger partial charge is 0.410 e. The molecule has 1 unspecified atom stereocenters. The van der Waals surface area contributed by atoms with Crippen LogP contribution in [0, 0.1) is 0 Å². The fourth-order valence-electron chi connectivity index (χ4n) is 4.28. The summed E-state index contributed by atoms with van der Waals surface area (Å²) in [6.45, 7) is 8.94. The largest absolute Gasteiger partial charge is 0.450 e. The number of benzene rings is 1. The monoisotopic (exact) mass is 511 g/mol. The van der Waals surface area contributed by atoms with Crippen LogP contribution in [0.15, 0.2) is 24.3 Å². The number of urea groups is 1. The minimum atomic E-state index is -0.367. The zero-order valence-electron chi connectivity index (χ0n) is 21.4. The number of hydrogen-bond acceptors (Lipinski definition) is 8. The van der Waals surface area contributed by atoms with Crippen LogP contribution >= 0.6 is 0 Å². The third kappa shape index (κ3) is 6.45. The number of nitrogens with one attached hydrogen (secondary N) is 3. The van der Waals surface area contributed by atoms with Gasteiger partial charge in [0, 0.05) is 43.4 Å². The molecule has 2 aromatic rings. The molecule has 1 atom stereocenters. The lowest BCUT2D eigenvalue weighted by Gasteiger charge is -2.35. The van der Waals surface area contributed by atoms with Gasteiger partial charge in [-0.2, -0.15) is 0 Å². The van der Waals surface area contributed by atoms with Crippen LogP contribution in [0.25, 0.3) is 11.4 Å². The van der Waals surface area contributed by atoms with Crippen molar-refractivity contribution in [2.24, 2.45) is 0 Å². The first-order chi connectivity index (χ1) is 17.9. The van der Waals surface area contributed by atoms with Gasteiger partial charge in [0.15, 0.2) is 5.82 Å². The molecule has 2 aliphatic rings. The molecule has 4 amide bonds. The number of anilines is 2. The van der Waals surface area contributed by atoms with Gasteiger partial charge in [0.2, 0.25) is 5.91 Å². The average Bonchev–Trinajstić information content (AvgIpc) is 3.32. The highest BCUT2D eigenvalue weighted by molar-refractivity contribution is 5.89. The van der Waals surface area contributed by atoms with E-state index in [1.165, 1.54) is 6.92 Å². The van der Waals surface area contributed by atoms with E-state index in [2.05, 4.69) is 27.8 Å². The van der Waals surface area contributed by atoms with E-state index in [0.717, 1.165) is 22.6 Å². The molecule has 0 spiro atoms. The lowest BCUT2D eigenvalue weighted by atomic mass is 10.1. The van der Waals surface area contributed by atoms with Crippen molar-refractivity contribution in [2.75, 3.05) is 49.7 Å². The lowest BCUT2D eigenvalue weighted by Crippen LogP contribution is -2.44. The van der Waals surface area contributed by atoms with Gasteiger partial charge < -0.3 is 30.3 Å². The maximum atomic E-state index is 12.4. The molecule has 37 heavy (non-hydrogen) atoms. The van der Waals surface area contributed by atoms with Gasteiger partial charge in [-0.3, -0.25) is 9.69 Å². The van der Waals surface area contributed by atoms with Crippen molar-refractivity contribution in [1.82, 2.24) is 25.5 Å². The van der Waals surface area contributed by atoms with E-state index in [1.807, 2.05) is 12.1 Å². The second-order valence-electron chi connectivity index (χ2n) is 8.91. The van der Waals surface area contributed by atoms with Gasteiger partial charge in [0.05, 0.1) is 44.6 Å².